The zero-order chi connectivity index (χ0) is 24.4. The van der Waals surface area contributed by atoms with Crippen LogP contribution in [0.2, 0.25) is 0 Å². The van der Waals surface area contributed by atoms with Crippen molar-refractivity contribution in [3.8, 4) is 5.75 Å². The van der Waals surface area contributed by atoms with Gasteiger partial charge in [-0.15, -0.1) is 4.40 Å². The number of nitrogens with zero attached hydrogens (tertiary/aromatic N) is 5. The van der Waals surface area contributed by atoms with Gasteiger partial charge < -0.3 is 14.5 Å². The summed E-state index contributed by atoms with van der Waals surface area (Å²) in [4.78, 5) is 13.6. The van der Waals surface area contributed by atoms with Gasteiger partial charge in [0.25, 0.3) is 10.0 Å². The summed E-state index contributed by atoms with van der Waals surface area (Å²) in [6.07, 6.45) is 9.12. The maximum absolute atomic E-state index is 12.9. The van der Waals surface area contributed by atoms with E-state index in [2.05, 4.69) is 36.9 Å². The number of pyridine rings is 1. The number of anilines is 1. The molecule has 4 heterocycles. The number of ether oxygens (including phenoxy) is 1. The zero-order valence-corrected chi connectivity index (χ0v) is 20.4. The van der Waals surface area contributed by atoms with E-state index in [0.717, 1.165) is 29.3 Å². The molecule has 2 fully saturated rings. The van der Waals surface area contributed by atoms with Crippen LogP contribution in [0.1, 0.15) is 53.9 Å². The number of rotatable bonds is 6. The molecule has 10 heteroatoms. The second-order valence-corrected chi connectivity index (χ2v) is 11.3. The number of fused-ring (bicyclic) bond motifs is 2. The van der Waals surface area contributed by atoms with Gasteiger partial charge in [0, 0.05) is 42.2 Å². The minimum absolute atomic E-state index is 0.0576. The van der Waals surface area contributed by atoms with Crippen LogP contribution in [0.15, 0.2) is 64.3 Å². The fourth-order valence-electron chi connectivity index (χ4n) is 4.80. The summed E-state index contributed by atoms with van der Waals surface area (Å²) in [5.74, 6) is 2.39. The van der Waals surface area contributed by atoms with Gasteiger partial charge in [-0.2, -0.15) is 8.42 Å². The largest absolute Gasteiger partial charge is 0.487 e. The summed E-state index contributed by atoms with van der Waals surface area (Å²) < 4.78 is 37.8. The van der Waals surface area contributed by atoms with Crippen LogP contribution in [-0.4, -0.2) is 33.6 Å². The summed E-state index contributed by atoms with van der Waals surface area (Å²) in [6, 6.07) is 10.9. The minimum Gasteiger partial charge on any atom is -0.487 e. The van der Waals surface area contributed by atoms with Gasteiger partial charge in [0.1, 0.15) is 34.6 Å². The maximum Gasteiger partial charge on any atom is 0.286 e. The van der Waals surface area contributed by atoms with Crippen LogP contribution in [0.5, 0.6) is 5.75 Å². The van der Waals surface area contributed by atoms with Crippen LogP contribution in [0.4, 0.5) is 5.69 Å². The van der Waals surface area contributed by atoms with E-state index < -0.39 is 10.0 Å². The lowest BCUT2D eigenvalue weighted by Crippen LogP contribution is -2.24. The van der Waals surface area contributed by atoms with Gasteiger partial charge in [-0.3, -0.25) is 0 Å². The summed E-state index contributed by atoms with van der Waals surface area (Å²) in [5.41, 5.74) is 4.39. The molecule has 0 saturated heterocycles. The Morgan fingerprint density at radius 2 is 1.97 bits per heavy atom. The Kier molecular flexibility index (Phi) is 4.69. The number of sulfonamides is 1. The quantitative estimate of drug-likeness (QED) is 0.422. The van der Waals surface area contributed by atoms with Gasteiger partial charge in [-0.05, 0) is 61.9 Å². The average Bonchev–Trinajstić information content (AvgIpc) is 3.78. The van der Waals surface area contributed by atoms with Crippen LogP contribution < -0.4 is 10.1 Å². The molecule has 2 aliphatic carbocycles. The van der Waals surface area contributed by atoms with E-state index in [1.54, 1.807) is 18.3 Å². The molecule has 4 aromatic rings. The predicted octanol–water partition coefficient (Wildman–Crippen LogP) is 4.21. The molecule has 182 valence electrons. The molecule has 1 aromatic carbocycles. The third-order valence-corrected chi connectivity index (χ3v) is 8.31. The van der Waals surface area contributed by atoms with E-state index in [1.807, 2.05) is 29.7 Å². The zero-order valence-electron chi connectivity index (χ0n) is 19.6. The summed E-state index contributed by atoms with van der Waals surface area (Å²) in [7, 11) is -3.80. The molecular formula is C26H24N6O3S. The third-order valence-electron chi connectivity index (χ3n) is 6.96. The van der Waals surface area contributed by atoms with Gasteiger partial charge in [0.2, 0.25) is 0 Å². The Balaban J connectivity index is 1.08. The number of aryl methyl sites for hydroxylation is 1. The van der Waals surface area contributed by atoms with Crippen molar-refractivity contribution in [2.24, 2.45) is 10.3 Å². The third kappa shape index (κ3) is 3.91. The first-order valence-corrected chi connectivity index (χ1v) is 13.5. The van der Waals surface area contributed by atoms with Crippen molar-refractivity contribution >= 4 is 27.2 Å². The highest BCUT2D eigenvalue weighted by Gasteiger charge is 2.46. The Bertz CT molecular complexity index is 1660. The van der Waals surface area contributed by atoms with E-state index in [4.69, 9.17) is 4.74 Å². The second-order valence-electron chi connectivity index (χ2n) is 9.76. The Morgan fingerprint density at radius 3 is 2.81 bits per heavy atom. The highest BCUT2D eigenvalue weighted by Crippen LogP contribution is 2.48. The number of nitrogens with one attached hydrogen (secondary N) is 1. The average molecular weight is 501 g/mol. The molecule has 1 aliphatic heterocycles. The molecule has 3 aliphatic rings. The molecule has 0 radical (unpaired) electrons. The maximum atomic E-state index is 12.9. The van der Waals surface area contributed by atoms with E-state index in [9.17, 15) is 8.42 Å². The van der Waals surface area contributed by atoms with Crippen LogP contribution in [0, 0.1) is 12.8 Å². The Labute approximate surface area is 208 Å². The van der Waals surface area contributed by atoms with Crippen molar-refractivity contribution in [3.05, 3.63) is 77.8 Å². The highest BCUT2D eigenvalue weighted by molar-refractivity contribution is 7.90. The monoisotopic (exact) mass is 500 g/mol. The van der Waals surface area contributed by atoms with E-state index in [0.29, 0.717) is 23.2 Å². The number of benzene rings is 1. The van der Waals surface area contributed by atoms with Gasteiger partial charge in [0.15, 0.2) is 0 Å². The Hall–Kier alpha value is -3.79. The molecule has 0 unspecified atom stereocenters. The van der Waals surface area contributed by atoms with Gasteiger partial charge in [0.05, 0.1) is 11.4 Å². The van der Waals surface area contributed by atoms with Crippen molar-refractivity contribution in [2.75, 3.05) is 5.32 Å². The van der Waals surface area contributed by atoms with Crippen molar-refractivity contribution in [3.63, 3.8) is 0 Å². The number of aromatic nitrogens is 4. The lowest BCUT2D eigenvalue weighted by atomic mass is 10.2. The minimum atomic E-state index is -3.80. The van der Waals surface area contributed by atoms with Crippen molar-refractivity contribution < 1.29 is 13.2 Å². The number of hydrogen-bond acceptors (Lipinski definition) is 7. The lowest BCUT2D eigenvalue weighted by molar-refractivity contribution is 0.302. The fourth-order valence-corrected chi connectivity index (χ4v) is 5.96. The second kappa shape index (κ2) is 7.86. The molecule has 0 bridgehead atoms. The molecule has 0 spiro atoms. The van der Waals surface area contributed by atoms with Crippen LogP contribution >= 0.6 is 0 Å². The van der Waals surface area contributed by atoms with E-state index in [-0.39, 0.29) is 23.3 Å². The molecule has 7 rings (SSSR count). The van der Waals surface area contributed by atoms with Gasteiger partial charge >= 0.3 is 0 Å². The number of amidine groups is 1. The first-order valence-electron chi connectivity index (χ1n) is 12.1. The molecule has 9 nitrogen and oxygen atoms in total. The molecular weight excluding hydrogens is 476 g/mol. The smallest absolute Gasteiger partial charge is 0.286 e. The van der Waals surface area contributed by atoms with E-state index in [1.165, 1.54) is 24.5 Å². The standard InChI is InChI=1S/C26H24N6O3S/c1-15-8-9-27-25(28-15)20-11-21(20)26-30-22-10-19(5-6-23(22)36(33,34)31-26)35-14-18-13-32-12-17(16-2-3-16)4-7-24(32)29-18/h4-10,12-13,16,20-21H,2-3,11,14H2,1H3,(H,30,31)/t20-,21-/m0/s1. The van der Waals surface area contributed by atoms with Gasteiger partial charge in [-0.1, -0.05) is 6.07 Å². The summed E-state index contributed by atoms with van der Waals surface area (Å²) >= 11 is 0. The molecule has 1 N–H and O–H groups in total. The van der Waals surface area contributed by atoms with Crippen LogP contribution in [0.25, 0.3) is 5.65 Å². The molecule has 0 amide bonds. The summed E-state index contributed by atoms with van der Waals surface area (Å²) in [6.45, 7) is 2.20. The van der Waals surface area contributed by atoms with Crippen molar-refractivity contribution in [1.29, 1.82) is 0 Å². The number of imidazole rings is 1. The molecule has 2 saturated carbocycles. The fraction of sp³-hybridized carbons (Fsp3) is 0.308. The first-order chi connectivity index (χ1) is 17.4. The normalized spacial score (nSPS) is 22.0. The predicted molar refractivity (Wildman–Crippen MR) is 134 cm³/mol. The lowest BCUT2D eigenvalue weighted by Gasteiger charge is -2.19. The first kappa shape index (κ1) is 21.5. The van der Waals surface area contributed by atoms with Crippen molar-refractivity contribution in [1.82, 2.24) is 19.4 Å². The van der Waals surface area contributed by atoms with Crippen molar-refractivity contribution in [2.45, 2.75) is 49.5 Å². The summed E-state index contributed by atoms with van der Waals surface area (Å²) in [5, 5.41) is 3.23. The van der Waals surface area contributed by atoms with E-state index >= 15 is 0 Å². The highest BCUT2D eigenvalue weighted by atomic mass is 32.2. The van der Waals surface area contributed by atoms with Crippen LogP contribution in [0.3, 0.4) is 0 Å². The topological polar surface area (TPSA) is 111 Å². The van der Waals surface area contributed by atoms with Gasteiger partial charge in [-0.25, -0.2) is 15.0 Å². The SMILES string of the molecule is Cc1ccnc([C@H]2C[C@@H]2C2=NS(=O)(=O)c3ccc(OCc4cn5cc(C6CC6)ccc5n4)cc3N2)n1. The molecule has 36 heavy (non-hydrogen) atoms. The van der Waals surface area contributed by atoms with Crippen LogP contribution in [-0.2, 0) is 16.6 Å². The molecule has 2 atom stereocenters. The Morgan fingerprint density at radius 1 is 1.08 bits per heavy atom. The molecule has 3 aromatic heterocycles. The number of hydrogen-bond donors (Lipinski definition) is 1.